The van der Waals surface area contributed by atoms with Gasteiger partial charge in [0.15, 0.2) is 0 Å². The second-order valence-electron chi connectivity index (χ2n) is 9.29. The fourth-order valence-electron chi connectivity index (χ4n) is 4.33. The average molecular weight is 514 g/mol. The zero-order chi connectivity index (χ0) is 27.2. The molecule has 0 aliphatic carbocycles. The average Bonchev–Trinajstić information content (AvgIpc) is 3.25. The molecule has 0 bridgehead atoms. The smallest absolute Gasteiger partial charge is 0.337 e. The number of esters is 2. The molecule has 0 aromatic heterocycles. The van der Waals surface area contributed by atoms with E-state index in [2.05, 4.69) is 15.5 Å². The number of ether oxygens (including phenoxy) is 2. The number of fused-ring (bicyclic) bond motifs is 1. The van der Waals surface area contributed by atoms with Crippen LogP contribution < -0.4 is 10.6 Å². The summed E-state index contributed by atoms with van der Waals surface area (Å²) in [5.74, 6) is -1.01. The predicted molar refractivity (Wildman–Crippen MR) is 147 cm³/mol. The van der Waals surface area contributed by atoms with E-state index in [1.54, 1.807) is 18.2 Å². The van der Waals surface area contributed by atoms with Crippen LogP contribution in [0.25, 0.3) is 11.3 Å². The molecule has 1 amide bonds. The lowest BCUT2D eigenvalue weighted by Gasteiger charge is -2.16. The molecule has 0 spiro atoms. The number of hydrogen-bond acceptors (Lipinski definition) is 7. The van der Waals surface area contributed by atoms with Gasteiger partial charge in [-0.3, -0.25) is 9.59 Å². The first-order valence-corrected chi connectivity index (χ1v) is 12.2. The summed E-state index contributed by atoms with van der Waals surface area (Å²) in [6.07, 6.45) is 0.846. The minimum Gasteiger partial charge on any atom is -0.469 e. The number of nitrogens with one attached hydrogen (secondary N) is 2. The van der Waals surface area contributed by atoms with E-state index in [0.29, 0.717) is 40.9 Å². The topological polar surface area (TPSA) is 97.0 Å². The third kappa shape index (κ3) is 6.10. The maximum atomic E-state index is 13.3. The Morgan fingerprint density at radius 3 is 2.16 bits per heavy atom. The Balaban J connectivity index is 1.74. The Bertz CT molecular complexity index is 1380. The van der Waals surface area contributed by atoms with Gasteiger partial charge in [0, 0.05) is 24.2 Å². The van der Waals surface area contributed by atoms with Crippen molar-refractivity contribution in [3.05, 3.63) is 94.5 Å². The van der Waals surface area contributed by atoms with Crippen LogP contribution in [0.5, 0.6) is 0 Å². The highest BCUT2D eigenvalue weighted by Gasteiger charge is 2.29. The van der Waals surface area contributed by atoms with Crippen LogP contribution in [-0.2, 0) is 32.0 Å². The first-order valence-electron chi connectivity index (χ1n) is 12.2. The number of rotatable bonds is 9. The SMILES string of the molecule is COC(=O)CCc1ccc(/C(Nc2ccc(CN(C)C)cc2)=C2/C(=O)Nc3cc(C(=O)OC)ccc32)cc1. The standard InChI is InChI=1S/C30H31N3O5/c1-33(2)18-20-7-13-23(14-8-20)31-28(21-10-5-19(6-11-21)9-16-26(34)37-3)27-24-15-12-22(30(36)38-4)17-25(24)32-29(27)35/h5-8,10-15,17,31H,9,16,18H2,1-4H3,(H,32,35)/b28-27-. The molecule has 4 rings (SSSR count). The summed E-state index contributed by atoms with van der Waals surface area (Å²) in [4.78, 5) is 38.9. The molecule has 1 aliphatic rings. The lowest BCUT2D eigenvalue weighted by Crippen LogP contribution is -2.11. The molecule has 0 saturated heterocycles. The van der Waals surface area contributed by atoms with Crippen LogP contribution in [0.2, 0.25) is 0 Å². The molecule has 2 N–H and O–H groups in total. The van der Waals surface area contributed by atoms with E-state index in [0.717, 1.165) is 23.4 Å². The molecule has 196 valence electrons. The maximum absolute atomic E-state index is 13.3. The highest BCUT2D eigenvalue weighted by atomic mass is 16.5. The third-order valence-electron chi connectivity index (χ3n) is 6.25. The summed E-state index contributed by atoms with van der Waals surface area (Å²) in [5, 5.41) is 6.34. The summed E-state index contributed by atoms with van der Waals surface area (Å²) in [7, 11) is 6.73. The lowest BCUT2D eigenvalue weighted by atomic mass is 9.97. The van der Waals surface area contributed by atoms with E-state index in [9.17, 15) is 14.4 Å². The molecule has 38 heavy (non-hydrogen) atoms. The van der Waals surface area contributed by atoms with Gasteiger partial charge in [0.25, 0.3) is 5.91 Å². The van der Waals surface area contributed by atoms with Crippen molar-refractivity contribution >= 4 is 40.5 Å². The molecule has 0 radical (unpaired) electrons. The Hall–Kier alpha value is -4.43. The van der Waals surface area contributed by atoms with Gasteiger partial charge in [0.05, 0.1) is 36.7 Å². The van der Waals surface area contributed by atoms with E-state index >= 15 is 0 Å². The summed E-state index contributed by atoms with van der Waals surface area (Å²) in [5.41, 5.74) is 6.47. The lowest BCUT2D eigenvalue weighted by molar-refractivity contribution is -0.140. The van der Waals surface area contributed by atoms with Crippen molar-refractivity contribution in [2.24, 2.45) is 0 Å². The van der Waals surface area contributed by atoms with Crippen LogP contribution in [0.4, 0.5) is 11.4 Å². The summed E-state index contributed by atoms with van der Waals surface area (Å²) >= 11 is 0. The minimum absolute atomic E-state index is 0.262. The van der Waals surface area contributed by atoms with Gasteiger partial charge in [-0.2, -0.15) is 0 Å². The van der Waals surface area contributed by atoms with Crippen LogP contribution in [0, 0.1) is 0 Å². The fraction of sp³-hybridized carbons (Fsp3) is 0.233. The van der Waals surface area contributed by atoms with Crippen LogP contribution in [-0.4, -0.2) is 51.1 Å². The molecule has 8 heteroatoms. The number of aryl methyl sites for hydroxylation is 1. The van der Waals surface area contributed by atoms with Gasteiger partial charge in [0.1, 0.15) is 0 Å². The highest BCUT2D eigenvalue weighted by molar-refractivity contribution is 6.37. The van der Waals surface area contributed by atoms with E-state index in [-0.39, 0.29) is 11.9 Å². The number of methoxy groups -OCH3 is 2. The highest BCUT2D eigenvalue weighted by Crippen LogP contribution is 2.38. The van der Waals surface area contributed by atoms with E-state index in [1.807, 2.05) is 62.6 Å². The first kappa shape index (κ1) is 26.6. The first-order chi connectivity index (χ1) is 18.3. The predicted octanol–water partition coefficient (Wildman–Crippen LogP) is 4.57. The third-order valence-corrected chi connectivity index (χ3v) is 6.25. The molecule has 3 aromatic rings. The molecule has 1 heterocycles. The molecule has 0 atom stereocenters. The van der Waals surface area contributed by atoms with Gasteiger partial charge in [-0.05, 0) is 61.5 Å². The summed E-state index contributed by atoms with van der Waals surface area (Å²) in [6.45, 7) is 0.819. The Morgan fingerprint density at radius 1 is 0.868 bits per heavy atom. The van der Waals surface area contributed by atoms with Crippen molar-refractivity contribution in [2.45, 2.75) is 19.4 Å². The number of carbonyl (C=O) groups excluding carboxylic acids is 3. The van der Waals surface area contributed by atoms with Crippen molar-refractivity contribution in [3.8, 4) is 0 Å². The number of hydrogen-bond donors (Lipinski definition) is 2. The molecule has 3 aromatic carbocycles. The quantitative estimate of drug-likeness (QED) is 0.320. The molecular weight excluding hydrogens is 482 g/mol. The van der Waals surface area contributed by atoms with Crippen molar-refractivity contribution in [3.63, 3.8) is 0 Å². The van der Waals surface area contributed by atoms with Gasteiger partial charge in [0.2, 0.25) is 0 Å². The van der Waals surface area contributed by atoms with Gasteiger partial charge in [-0.1, -0.05) is 42.5 Å². The zero-order valence-corrected chi connectivity index (χ0v) is 22.0. The number of amides is 1. The largest absolute Gasteiger partial charge is 0.469 e. The molecular formula is C30H31N3O5. The van der Waals surface area contributed by atoms with Crippen LogP contribution in [0.15, 0.2) is 66.7 Å². The summed E-state index contributed by atoms with van der Waals surface area (Å²) < 4.78 is 9.56. The normalized spacial score (nSPS) is 13.6. The van der Waals surface area contributed by atoms with Crippen LogP contribution in [0.3, 0.4) is 0 Å². The van der Waals surface area contributed by atoms with Crippen molar-refractivity contribution in [1.82, 2.24) is 4.90 Å². The van der Waals surface area contributed by atoms with Gasteiger partial charge in [-0.25, -0.2) is 4.79 Å². The Kier molecular flexibility index (Phi) is 8.23. The van der Waals surface area contributed by atoms with Crippen LogP contribution in [0.1, 0.15) is 39.0 Å². The number of benzene rings is 3. The fourth-order valence-corrected chi connectivity index (χ4v) is 4.33. The molecule has 0 fully saturated rings. The van der Waals surface area contributed by atoms with Crippen molar-refractivity contribution < 1.29 is 23.9 Å². The van der Waals surface area contributed by atoms with Crippen molar-refractivity contribution in [2.75, 3.05) is 38.9 Å². The molecule has 0 saturated carbocycles. The Labute approximate surface area is 222 Å². The van der Waals surface area contributed by atoms with Crippen LogP contribution >= 0.6 is 0 Å². The zero-order valence-electron chi connectivity index (χ0n) is 22.0. The van der Waals surface area contributed by atoms with E-state index in [4.69, 9.17) is 9.47 Å². The monoisotopic (exact) mass is 513 g/mol. The molecule has 8 nitrogen and oxygen atoms in total. The minimum atomic E-state index is -0.474. The van der Waals surface area contributed by atoms with E-state index < -0.39 is 5.97 Å². The molecule has 0 unspecified atom stereocenters. The van der Waals surface area contributed by atoms with Gasteiger partial charge < -0.3 is 25.0 Å². The number of nitrogens with zero attached hydrogens (tertiary/aromatic N) is 1. The van der Waals surface area contributed by atoms with Gasteiger partial charge >= 0.3 is 11.9 Å². The summed E-state index contributed by atoms with van der Waals surface area (Å²) in [6, 6.07) is 20.8. The van der Waals surface area contributed by atoms with E-state index in [1.165, 1.54) is 19.8 Å². The van der Waals surface area contributed by atoms with Gasteiger partial charge in [-0.15, -0.1) is 0 Å². The Morgan fingerprint density at radius 2 is 1.53 bits per heavy atom. The second-order valence-corrected chi connectivity index (χ2v) is 9.29. The second kappa shape index (κ2) is 11.7. The maximum Gasteiger partial charge on any atom is 0.337 e. The molecule has 1 aliphatic heterocycles. The van der Waals surface area contributed by atoms with Crippen molar-refractivity contribution in [1.29, 1.82) is 0 Å². The number of anilines is 2. The number of carbonyl (C=O) groups is 3.